The average Bonchev–Trinajstić information content (AvgIpc) is 3.86. The first-order chi connectivity index (χ1) is 35.8. The molecule has 36 radical (unpaired) electrons. The molecule has 0 N–H and O–H groups in total. The van der Waals surface area contributed by atoms with Crippen LogP contribution in [0.15, 0.2) is 89.3 Å². The molecule has 12 aromatic carbocycles. The van der Waals surface area contributed by atoms with Gasteiger partial charge in [0.1, 0.15) is 152 Å². The molecule has 0 saturated heterocycles. The second-order valence-electron chi connectivity index (χ2n) is 19.3. The molecule has 19 heteroatoms. The van der Waals surface area contributed by atoms with E-state index in [2.05, 4.69) is 0 Å². The van der Waals surface area contributed by atoms with E-state index in [-0.39, 0.29) is 98.3 Å². The van der Waals surface area contributed by atoms with Crippen LogP contribution < -0.4 is 98.3 Å². The first-order valence-corrected chi connectivity index (χ1v) is 23.5. The maximum Gasteiger partial charge on any atom is 0.143 e. The van der Waals surface area contributed by atoms with Crippen molar-refractivity contribution in [2.24, 2.45) is 0 Å². The van der Waals surface area contributed by atoms with Crippen LogP contribution >= 0.6 is 0 Å². The lowest BCUT2D eigenvalue weighted by Gasteiger charge is -2.30. The summed E-state index contributed by atoms with van der Waals surface area (Å²) in [7, 11) is 124. The lowest BCUT2D eigenvalue weighted by atomic mass is 9.58. The minimum absolute atomic E-state index is 0.0796. The summed E-state index contributed by atoms with van der Waals surface area (Å²) in [5.41, 5.74) is 8.50. The van der Waals surface area contributed by atoms with Crippen LogP contribution in [0.1, 0.15) is 0 Å². The van der Waals surface area contributed by atoms with E-state index in [9.17, 15) is 0 Å². The quantitative estimate of drug-likeness (QED) is 0.127. The van der Waals surface area contributed by atoms with Gasteiger partial charge in [-0.25, -0.2) is 0 Å². The van der Waals surface area contributed by atoms with Crippen LogP contribution in [0.2, 0.25) is 0 Å². The molecule has 0 atom stereocenters. The van der Waals surface area contributed by atoms with Crippen molar-refractivity contribution < 1.29 is 4.42 Å². The van der Waals surface area contributed by atoms with E-state index in [0.29, 0.717) is 120 Å². The summed E-state index contributed by atoms with van der Waals surface area (Å²) in [5, 5.41) is 6.28. The van der Waals surface area contributed by atoms with E-state index in [1.165, 1.54) is 0 Å². The van der Waals surface area contributed by atoms with E-state index in [1.54, 1.807) is 0 Å². The molecule has 0 saturated carbocycles. The van der Waals surface area contributed by atoms with Gasteiger partial charge in [0.2, 0.25) is 0 Å². The lowest BCUT2D eigenvalue weighted by molar-refractivity contribution is 0.671. The fourth-order valence-corrected chi connectivity index (χ4v) is 12.0. The molecule has 75 heavy (non-hydrogen) atoms. The highest BCUT2D eigenvalue weighted by molar-refractivity contribution is 6.77. The Bertz CT molecular complexity index is 4430. The van der Waals surface area contributed by atoms with Crippen molar-refractivity contribution in [3.63, 3.8) is 0 Å². The molecule has 298 valence electrons. The van der Waals surface area contributed by atoms with Crippen LogP contribution in [-0.4, -0.2) is 141 Å². The van der Waals surface area contributed by atoms with Crippen molar-refractivity contribution in [1.82, 2.24) is 0 Å². The normalized spacial score (nSPS) is 12.2. The van der Waals surface area contributed by atoms with Gasteiger partial charge in [-0.2, -0.15) is 0 Å². The van der Waals surface area contributed by atoms with Crippen LogP contribution in [0.5, 0.6) is 0 Å². The fraction of sp³-hybridized carbons (Fsp3) is 0. The topological polar surface area (TPSA) is 13.1 Å². The summed E-state index contributed by atoms with van der Waals surface area (Å²) in [5.74, 6) is 0. The molecule has 0 fully saturated rings. The van der Waals surface area contributed by atoms with E-state index in [0.717, 1.165) is 11.1 Å². The summed E-state index contributed by atoms with van der Waals surface area (Å²) >= 11 is 0. The summed E-state index contributed by atoms with van der Waals surface area (Å²) in [6, 6.07) is 27.4. The van der Waals surface area contributed by atoms with Crippen molar-refractivity contribution in [3.8, 4) is 44.5 Å². The SMILES string of the molecule is [B]c1c([B])c2c([B])c([B])c3c([B])c([B])c(-c4cc(-c5ccccc5)c5oc6c(-c7ccccc7)cc(-c7c([B])c([B])c8c([B])c([B])c9c([B])c([B])c([B])c%10c([B])c([B])c7c8c9%10)cc6c5c4)c4c([B])c([B])c(c1[B])c2c34. The van der Waals surface area contributed by atoms with E-state index in [1.807, 2.05) is 84.9 Å². The number of benzene rings is 12. The van der Waals surface area contributed by atoms with Gasteiger partial charge >= 0.3 is 0 Å². The van der Waals surface area contributed by atoms with Crippen molar-refractivity contribution in [3.05, 3.63) is 84.9 Å². The third kappa shape index (κ3) is 6.16. The highest BCUT2D eigenvalue weighted by Gasteiger charge is 2.29. The molecular formula is C56H14B18O. The molecule has 1 heterocycles. The largest absolute Gasteiger partial charge is 0.455 e. The minimum Gasteiger partial charge on any atom is -0.455 e. The Morgan fingerprint density at radius 3 is 0.747 bits per heavy atom. The molecule has 0 unspecified atom stereocenters. The Morgan fingerprint density at radius 2 is 0.453 bits per heavy atom. The predicted molar refractivity (Wildman–Crippen MR) is 340 cm³/mol. The Hall–Kier alpha value is -6.31. The van der Waals surface area contributed by atoms with Crippen molar-refractivity contribution in [2.45, 2.75) is 0 Å². The highest BCUT2D eigenvalue weighted by Crippen LogP contribution is 2.46. The zero-order valence-electron chi connectivity index (χ0n) is 39.9. The summed E-state index contributed by atoms with van der Waals surface area (Å²) in [6.07, 6.45) is 0. The molecule has 0 aliphatic heterocycles. The van der Waals surface area contributed by atoms with Crippen LogP contribution in [0, 0.1) is 0 Å². The Kier molecular flexibility index (Phi) is 10.7. The number of rotatable bonds is 4. The molecule has 0 spiro atoms. The number of fused-ring (bicyclic) bond motifs is 3. The Labute approximate surface area is 457 Å². The Morgan fingerprint density at radius 1 is 0.213 bits per heavy atom. The maximum absolute atomic E-state index is 7.25. The monoisotopic (exact) mass is 900 g/mol. The Balaban J connectivity index is 1.23. The van der Waals surface area contributed by atoms with Gasteiger partial charge in [-0.1, -0.05) is 148 Å². The second kappa shape index (κ2) is 16.6. The maximum atomic E-state index is 7.25. The van der Waals surface area contributed by atoms with Crippen LogP contribution in [0.4, 0.5) is 0 Å². The van der Waals surface area contributed by atoms with Crippen LogP contribution in [0.25, 0.3) is 131 Å². The van der Waals surface area contributed by atoms with Crippen molar-refractivity contribution in [2.75, 3.05) is 0 Å². The molecule has 0 bridgehead atoms. The molecule has 0 amide bonds. The van der Waals surface area contributed by atoms with E-state index in [4.69, 9.17) is 146 Å². The number of hydrogen-bond donors (Lipinski definition) is 0. The van der Waals surface area contributed by atoms with Gasteiger partial charge in [0, 0.05) is 21.9 Å². The van der Waals surface area contributed by atoms with Gasteiger partial charge in [0.15, 0.2) is 0 Å². The number of hydrogen-bond acceptors (Lipinski definition) is 1. The standard InChI is InChI=1S/C56H14B18O/c57-37-23(29-25-27-33(43(63)39(29)59)49(69)53(73)51(71)35(27)47(67)45(65)31(25)41(37)61)17-11-19(15-7-3-1-4-8-15)55-21(13-17)22-14-18(12-20(56(22)75-55)16-9-5-2-6-10-16)24-30-26-28-34(44(64)40(30)60)50(70)54(74)52(72)36(28)48(68)46(66)32(26)42(62)38(24)58/h1-14H. The van der Waals surface area contributed by atoms with Gasteiger partial charge in [0.25, 0.3) is 0 Å². The van der Waals surface area contributed by atoms with Crippen LogP contribution in [-0.2, 0) is 0 Å². The van der Waals surface area contributed by atoms with Gasteiger partial charge in [-0.15, -0.1) is 10.9 Å². The second-order valence-corrected chi connectivity index (χ2v) is 19.3. The molecular weight excluding hydrogens is 883 g/mol. The lowest BCUT2D eigenvalue weighted by Crippen LogP contribution is -2.48. The van der Waals surface area contributed by atoms with Crippen molar-refractivity contribution >= 4 is 326 Å². The summed E-state index contributed by atoms with van der Waals surface area (Å²) in [6.45, 7) is 0. The predicted octanol–water partition coefficient (Wildman–Crippen LogP) is -5.66. The van der Waals surface area contributed by atoms with Crippen LogP contribution in [0.3, 0.4) is 0 Å². The minimum atomic E-state index is 0.0796. The van der Waals surface area contributed by atoms with Crippen molar-refractivity contribution in [1.29, 1.82) is 0 Å². The zero-order chi connectivity index (χ0) is 52.9. The summed E-state index contributed by atoms with van der Waals surface area (Å²) < 4.78 is 7.15. The molecule has 1 nitrogen and oxygen atoms in total. The molecule has 0 aliphatic rings. The third-order valence-electron chi connectivity index (χ3n) is 15.6. The fourth-order valence-electron chi connectivity index (χ4n) is 12.0. The van der Waals surface area contributed by atoms with E-state index < -0.39 is 0 Å². The van der Waals surface area contributed by atoms with Gasteiger partial charge < -0.3 is 4.42 Å². The molecule has 1 aromatic heterocycles. The molecule has 13 rings (SSSR count). The number of furan rings is 1. The molecule has 0 aliphatic carbocycles. The van der Waals surface area contributed by atoms with Gasteiger partial charge in [0.05, 0.1) is 0 Å². The van der Waals surface area contributed by atoms with Gasteiger partial charge in [-0.05, 0) is 122 Å². The summed E-state index contributed by atoms with van der Waals surface area (Å²) in [4.78, 5) is 0. The first kappa shape index (κ1) is 48.3. The smallest absolute Gasteiger partial charge is 0.143 e. The van der Waals surface area contributed by atoms with E-state index >= 15 is 0 Å². The molecule has 13 aromatic rings. The third-order valence-corrected chi connectivity index (χ3v) is 15.6. The average molecular weight is 897 g/mol. The zero-order valence-corrected chi connectivity index (χ0v) is 39.9. The van der Waals surface area contributed by atoms with Gasteiger partial charge in [-0.3, -0.25) is 0 Å². The first-order valence-electron chi connectivity index (χ1n) is 23.5. The highest BCUT2D eigenvalue weighted by atomic mass is 16.3.